The van der Waals surface area contributed by atoms with Crippen LogP contribution in [0.15, 0.2) is 71.3 Å². The lowest BCUT2D eigenvalue weighted by Crippen LogP contribution is -2.39. The summed E-state index contributed by atoms with van der Waals surface area (Å²) in [5.74, 6) is 1.45. The van der Waals surface area contributed by atoms with E-state index >= 15 is 0 Å². The number of rotatable bonds is 10. The quantitative estimate of drug-likeness (QED) is 0.302. The SMILES string of the molecule is C[N+](C)(CCCCc1ccccc1)Cc1cnc(C(O)(c2ccccc2)C2CCCCC2)o1. The summed E-state index contributed by atoms with van der Waals surface area (Å²) in [6.45, 7) is 1.85. The Morgan fingerprint density at radius 1 is 0.939 bits per heavy atom. The Kier molecular flexibility index (Phi) is 7.67. The first-order valence-corrected chi connectivity index (χ1v) is 12.6. The van der Waals surface area contributed by atoms with Gasteiger partial charge in [-0.1, -0.05) is 79.9 Å². The lowest BCUT2D eigenvalue weighted by Gasteiger charge is -2.36. The number of oxazole rings is 1. The molecule has 3 aromatic rings. The highest BCUT2D eigenvalue weighted by molar-refractivity contribution is 5.30. The summed E-state index contributed by atoms with van der Waals surface area (Å²) in [5.41, 5.74) is 1.14. The van der Waals surface area contributed by atoms with Gasteiger partial charge in [0.1, 0.15) is 6.54 Å². The summed E-state index contributed by atoms with van der Waals surface area (Å²) in [6.07, 6.45) is 10.9. The molecule has 4 nitrogen and oxygen atoms in total. The minimum atomic E-state index is -1.16. The third kappa shape index (κ3) is 5.93. The van der Waals surface area contributed by atoms with Gasteiger partial charge in [-0.05, 0) is 43.2 Å². The van der Waals surface area contributed by atoms with E-state index < -0.39 is 5.60 Å². The van der Waals surface area contributed by atoms with Crippen molar-refractivity contribution < 1.29 is 14.0 Å². The van der Waals surface area contributed by atoms with Gasteiger partial charge in [-0.25, -0.2) is 4.98 Å². The Balaban J connectivity index is 1.42. The zero-order valence-electron chi connectivity index (χ0n) is 20.2. The van der Waals surface area contributed by atoms with Gasteiger partial charge in [0.25, 0.3) is 0 Å². The zero-order valence-corrected chi connectivity index (χ0v) is 20.2. The average molecular weight is 448 g/mol. The molecule has 1 aliphatic carbocycles. The molecule has 1 fully saturated rings. The van der Waals surface area contributed by atoms with Crippen LogP contribution in [0.25, 0.3) is 0 Å². The van der Waals surface area contributed by atoms with E-state index in [0.29, 0.717) is 5.89 Å². The molecule has 33 heavy (non-hydrogen) atoms. The lowest BCUT2D eigenvalue weighted by atomic mass is 9.73. The molecule has 1 saturated carbocycles. The van der Waals surface area contributed by atoms with Gasteiger partial charge in [-0.15, -0.1) is 0 Å². The van der Waals surface area contributed by atoms with E-state index in [1.807, 2.05) is 36.5 Å². The fraction of sp³-hybridized carbons (Fsp3) is 0.483. The van der Waals surface area contributed by atoms with Crippen LogP contribution in [-0.4, -0.2) is 35.2 Å². The number of aryl methyl sites for hydroxylation is 1. The number of hydrogen-bond donors (Lipinski definition) is 1. The minimum absolute atomic E-state index is 0.139. The highest BCUT2D eigenvalue weighted by Crippen LogP contribution is 2.43. The smallest absolute Gasteiger partial charge is 0.231 e. The van der Waals surface area contributed by atoms with Gasteiger partial charge in [-0.2, -0.15) is 0 Å². The molecule has 176 valence electrons. The Labute approximate surface area is 198 Å². The van der Waals surface area contributed by atoms with Crippen molar-refractivity contribution in [2.24, 2.45) is 5.92 Å². The van der Waals surface area contributed by atoms with Crippen LogP contribution in [0.2, 0.25) is 0 Å². The van der Waals surface area contributed by atoms with Crippen molar-refractivity contribution in [1.82, 2.24) is 4.98 Å². The number of aromatic nitrogens is 1. The van der Waals surface area contributed by atoms with Crippen molar-refractivity contribution in [2.75, 3.05) is 20.6 Å². The minimum Gasteiger partial charge on any atom is -0.436 e. The van der Waals surface area contributed by atoms with Crippen LogP contribution in [0.5, 0.6) is 0 Å². The number of hydrogen-bond acceptors (Lipinski definition) is 3. The highest BCUT2D eigenvalue weighted by atomic mass is 16.4. The highest BCUT2D eigenvalue weighted by Gasteiger charge is 2.44. The van der Waals surface area contributed by atoms with Crippen molar-refractivity contribution >= 4 is 0 Å². The summed E-state index contributed by atoms with van der Waals surface area (Å²) >= 11 is 0. The normalized spacial score (nSPS) is 17.1. The number of nitrogens with zero attached hydrogens (tertiary/aromatic N) is 2. The van der Waals surface area contributed by atoms with Crippen LogP contribution in [0.1, 0.15) is 67.7 Å². The summed E-state index contributed by atoms with van der Waals surface area (Å²) in [4.78, 5) is 4.63. The molecule has 1 aliphatic rings. The summed E-state index contributed by atoms with van der Waals surface area (Å²) in [6, 6.07) is 20.7. The molecule has 0 amide bonds. The molecule has 0 bridgehead atoms. The maximum atomic E-state index is 12.0. The van der Waals surface area contributed by atoms with E-state index in [9.17, 15) is 5.11 Å². The Morgan fingerprint density at radius 3 is 2.30 bits per heavy atom. The summed E-state index contributed by atoms with van der Waals surface area (Å²) in [5, 5.41) is 12.0. The third-order valence-electron chi connectivity index (χ3n) is 7.20. The van der Waals surface area contributed by atoms with Crippen molar-refractivity contribution in [3.05, 3.63) is 89.6 Å². The third-order valence-corrected chi connectivity index (χ3v) is 7.20. The van der Waals surface area contributed by atoms with Crippen LogP contribution in [0.3, 0.4) is 0 Å². The molecule has 0 radical (unpaired) electrons. The van der Waals surface area contributed by atoms with E-state index in [-0.39, 0.29) is 5.92 Å². The van der Waals surface area contributed by atoms with Gasteiger partial charge < -0.3 is 14.0 Å². The number of benzene rings is 2. The predicted octanol–water partition coefficient (Wildman–Crippen LogP) is 6.09. The molecular weight excluding hydrogens is 408 g/mol. The lowest BCUT2D eigenvalue weighted by molar-refractivity contribution is -0.904. The molecule has 1 N–H and O–H groups in total. The van der Waals surface area contributed by atoms with Crippen molar-refractivity contribution in [1.29, 1.82) is 0 Å². The molecular formula is C29H39N2O2+. The van der Waals surface area contributed by atoms with Crippen LogP contribution in [0.4, 0.5) is 0 Å². The standard InChI is InChI=1S/C29H39N2O2/c1-31(2,21-13-12-16-24-14-6-3-7-15-24)23-27-22-30-28(33-27)29(32,25-17-8-4-9-18-25)26-19-10-5-11-20-26/h3-4,6-9,14-15,17-18,22,26,32H,5,10-13,16,19-21,23H2,1-2H3/q+1. The Bertz CT molecular complexity index is 977. The molecule has 4 heteroatoms. The first kappa shape index (κ1) is 23.7. The molecule has 0 spiro atoms. The van der Waals surface area contributed by atoms with Crippen LogP contribution >= 0.6 is 0 Å². The topological polar surface area (TPSA) is 46.3 Å². The molecule has 1 aromatic heterocycles. The monoisotopic (exact) mass is 447 g/mol. The number of unbranched alkanes of at least 4 members (excludes halogenated alkanes) is 1. The van der Waals surface area contributed by atoms with Crippen molar-refractivity contribution in [3.63, 3.8) is 0 Å². The summed E-state index contributed by atoms with van der Waals surface area (Å²) in [7, 11) is 4.49. The predicted molar refractivity (Wildman–Crippen MR) is 133 cm³/mol. The maximum Gasteiger partial charge on any atom is 0.231 e. The molecule has 0 saturated heterocycles. The van der Waals surface area contributed by atoms with Crippen LogP contribution in [0, 0.1) is 5.92 Å². The van der Waals surface area contributed by atoms with E-state index in [4.69, 9.17) is 4.42 Å². The second kappa shape index (κ2) is 10.7. The molecule has 1 atom stereocenters. The van der Waals surface area contributed by atoms with Crippen molar-refractivity contribution in [2.45, 2.75) is 63.5 Å². The molecule has 1 heterocycles. The molecule has 4 rings (SSSR count). The van der Waals surface area contributed by atoms with Crippen LogP contribution < -0.4 is 0 Å². The van der Waals surface area contributed by atoms with E-state index in [1.54, 1.807) is 0 Å². The van der Waals surface area contributed by atoms with Gasteiger partial charge in [0.05, 0.1) is 26.8 Å². The van der Waals surface area contributed by atoms with Crippen molar-refractivity contribution in [3.8, 4) is 0 Å². The van der Waals surface area contributed by atoms with Gasteiger partial charge in [-0.3, -0.25) is 0 Å². The summed E-state index contributed by atoms with van der Waals surface area (Å²) < 4.78 is 7.14. The second-order valence-corrected chi connectivity index (χ2v) is 10.4. The second-order valence-electron chi connectivity index (χ2n) is 10.4. The molecule has 2 aromatic carbocycles. The number of aliphatic hydroxyl groups is 1. The Morgan fingerprint density at radius 2 is 1.61 bits per heavy atom. The first-order chi connectivity index (χ1) is 16.0. The molecule has 0 aliphatic heterocycles. The van der Waals surface area contributed by atoms with E-state index in [2.05, 4.69) is 49.4 Å². The maximum absolute atomic E-state index is 12.0. The fourth-order valence-electron chi connectivity index (χ4n) is 5.32. The van der Waals surface area contributed by atoms with Crippen LogP contribution in [-0.2, 0) is 18.6 Å². The fourth-order valence-corrected chi connectivity index (χ4v) is 5.32. The Hall–Kier alpha value is -2.43. The average Bonchev–Trinajstić information content (AvgIpc) is 3.31. The van der Waals surface area contributed by atoms with Gasteiger partial charge in [0, 0.05) is 5.92 Å². The van der Waals surface area contributed by atoms with E-state index in [0.717, 1.165) is 61.0 Å². The first-order valence-electron chi connectivity index (χ1n) is 12.6. The van der Waals surface area contributed by atoms with Gasteiger partial charge in [0.15, 0.2) is 11.4 Å². The van der Waals surface area contributed by atoms with Gasteiger partial charge in [0.2, 0.25) is 5.89 Å². The number of quaternary nitrogens is 1. The van der Waals surface area contributed by atoms with E-state index in [1.165, 1.54) is 24.8 Å². The largest absolute Gasteiger partial charge is 0.436 e. The zero-order chi connectivity index (χ0) is 23.2. The molecule has 1 unspecified atom stereocenters. The van der Waals surface area contributed by atoms with Gasteiger partial charge >= 0.3 is 0 Å².